The van der Waals surface area contributed by atoms with Gasteiger partial charge in [0.25, 0.3) is 11.8 Å². The van der Waals surface area contributed by atoms with Crippen molar-refractivity contribution in [2.45, 2.75) is 19.1 Å². The molecular weight excluding hydrogens is 453 g/mol. The van der Waals surface area contributed by atoms with E-state index in [-0.39, 0.29) is 6.04 Å². The summed E-state index contributed by atoms with van der Waals surface area (Å²) in [7, 11) is 0. The van der Waals surface area contributed by atoms with E-state index < -0.39 is 57.2 Å². The van der Waals surface area contributed by atoms with Crippen LogP contribution in [0.25, 0.3) is 0 Å². The van der Waals surface area contributed by atoms with E-state index in [1.165, 1.54) is 11.8 Å². The van der Waals surface area contributed by atoms with Crippen LogP contribution in [-0.4, -0.2) is 34.8 Å². The lowest BCUT2D eigenvalue weighted by Gasteiger charge is -2.16. The molecular formula is C18H15ClF5N3O2S. The summed E-state index contributed by atoms with van der Waals surface area (Å²) >= 11 is 7.14. The number of carbonyl (C=O) groups is 2. The third-order valence-electron chi connectivity index (χ3n) is 3.72. The normalized spacial score (nSPS) is 12.4. The van der Waals surface area contributed by atoms with Gasteiger partial charge in [-0.3, -0.25) is 9.59 Å². The molecule has 0 aliphatic heterocycles. The molecule has 0 radical (unpaired) electrons. The van der Waals surface area contributed by atoms with Crippen molar-refractivity contribution >= 4 is 40.9 Å². The van der Waals surface area contributed by atoms with Gasteiger partial charge in [0, 0.05) is 24.1 Å². The summed E-state index contributed by atoms with van der Waals surface area (Å²) in [4.78, 5) is 28.2. The highest BCUT2D eigenvalue weighted by atomic mass is 35.5. The first-order chi connectivity index (χ1) is 13.9. The first kappa shape index (κ1) is 23.9. The fourth-order valence-electron chi connectivity index (χ4n) is 2.41. The van der Waals surface area contributed by atoms with E-state index in [1.54, 1.807) is 13.2 Å². The van der Waals surface area contributed by atoms with Crippen molar-refractivity contribution in [3.8, 4) is 0 Å². The van der Waals surface area contributed by atoms with Crippen LogP contribution < -0.4 is 10.6 Å². The fourth-order valence-corrected chi connectivity index (χ4v) is 3.24. The minimum atomic E-state index is -4.73. The molecule has 0 saturated carbocycles. The standard InChI is InChI=1S/C18H15ClF5N3O2S/c1-8(7-30-2)26-16(28)11-4-10(20)5-13(21)14(11)27-17(29)15-12(19)3-9(6-25-15)18(22,23)24/h3-6,8H,7H2,1-2H3,(H,26,28)(H,27,29). The van der Waals surface area contributed by atoms with Crippen LogP contribution in [0, 0.1) is 11.6 Å². The van der Waals surface area contributed by atoms with Crippen molar-refractivity contribution in [2.75, 3.05) is 17.3 Å². The zero-order valence-electron chi connectivity index (χ0n) is 15.5. The van der Waals surface area contributed by atoms with Crippen LogP contribution in [0.2, 0.25) is 5.02 Å². The lowest BCUT2D eigenvalue weighted by Crippen LogP contribution is -2.35. The maximum Gasteiger partial charge on any atom is 0.417 e. The SMILES string of the molecule is CSCC(C)NC(=O)c1cc(F)cc(F)c1NC(=O)c1ncc(C(F)(F)F)cc1Cl. The molecule has 0 spiro atoms. The molecule has 1 heterocycles. The van der Waals surface area contributed by atoms with Crippen LogP contribution in [0.5, 0.6) is 0 Å². The molecule has 0 aliphatic carbocycles. The van der Waals surface area contributed by atoms with E-state index in [4.69, 9.17) is 11.6 Å². The highest BCUT2D eigenvalue weighted by Crippen LogP contribution is 2.31. The summed E-state index contributed by atoms with van der Waals surface area (Å²) in [5.74, 6) is -3.81. The Balaban J connectivity index is 2.36. The molecule has 12 heteroatoms. The number of hydrogen-bond acceptors (Lipinski definition) is 4. The monoisotopic (exact) mass is 467 g/mol. The predicted octanol–water partition coefficient (Wildman–Crippen LogP) is 4.77. The lowest BCUT2D eigenvalue weighted by atomic mass is 10.1. The summed E-state index contributed by atoms with van der Waals surface area (Å²) in [5, 5.41) is 3.93. The Morgan fingerprint density at radius 3 is 2.43 bits per heavy atom. The highest BCUT2D eigenvalue weighted by Gasteiger charge is 2.32. The second-order valence-corrected chi connectivity index (χ2v) is 7.46. The smallest absolute Gasteiger partial charge is 0.349 e. The summed E-state index contributed by atoms with van der Waals surface area (Å²) in [6.45, 7) is 1.67. The van der Waals surface area contributed by atoms with Gasteiger partial charge in [-0.1, -0.05) is 11.6 Å². The average molecular weight is 468 g/mol. The Morgan fingerprint density at radius 1 is 1.20 bits per heavy atom. The second-order valence-electron chi connectivity index (χ2n) is 6.15. The highest BCUT2D eigenvalue weighted by molar-refractivity contribution is 7.98. The van der Waals surface area contributed by atoms with Gasteiger partial charge in [-0.05, 0) is 25.3 Å². The van der Waals surface area contributed by atoms with Gasteiger partial charge < -0.3 is 10.6 Å². The van der Waals surface area contributed by atoms with Crippen molar-refractivity contribution in [1.82, 2.24) is 10.3 Å². The second kappa shape index (κ2) is 9.61. The van der Waals surface area contributed by atoms with Crippen LogP contribution in [0.1, 0.15) is 33.3 Å². The topological polar surface area (TPSA) is 71.1 Å². The number of nitrogens with zero attached hydrogens (tertiary/aromatic N) is 1. The van der Waals surface area contributed by atoms with Gasteiger partial charge in [0.2, 0.25) is 0 Å². The average Bonchev–Trinajstić information content (AvgIpc) is 2.62. The number of alkyl halides is 3. The molecule has 5 nitrogen and oxygen atoms in total. The Kier molecular flexibility index (Phi) is 7.64. The number of benzene rings is 1. The molecule has 162 valence electrons. The van der Waals surface area contributed by atoms with E-state index in [0.29, 0.717) is 24.1 Å². The molecule has 1 aromatic heterocycles. The van der Waals surface area contributed by atoms with Gasteiger partial charge in [-0.25, -0.2) is 13.8 Å². The third-order valence-corrected chi connectivity index (χ3v) is 4.84. The van der Waals surface area contributed by atoms with E-state index in [2.05, 4.69) is 10.3 Å². The van der Waals surface area contributed by atoms with E-state index in [1.807, 2.05) is 5.32 Å². The molecule has 0 aliphatic rings. The van der Waals surface area contributed by atoms with Gasteiger partial charge in [0.15, 0.2) is 0 Å². The predicted molar refractivity (Wildman–Crippen MR) is 104 cm³/mol. The molecule has 30 heavy (non-hydrogen) atoms. The Hall–Kier alpha value is -2.40. The minimum Gasteiger partial charge on any atom is -0.349 e. The number of hydrogen-bond donors (Lipinski definition) is 2. The minimum absolute atomic E-state index is 0.339. The quantitative estimate of drug-likeness (QED) is 0.601. The third kappa shape index (κ3) is 5.82. The number of rotatable bonds is 6. The van der Waals surface area contributed by atoms with Gasteiger partial charge in [0.05, 0.1) is 21.8 Å². The van der Waals surface area contributed by atoms with Crippen LogP contribution in [0.4, 0.5) is 27.6 Å². The van der Waals surface area contributed by atoms with Gasteiger partial charge in [-0.2, -0.15) is 24.9 Å². The molecule has 0 fully saturated rings. The largest absolute Gasteiger partial charge is 0.417 e. The maximum absolute atomic E-state index is 14.3. The van der Waals surface area contributed by atoms with Crippen molar-refractivity contribution in [2.24, 2.45) is 0 Å². The zero-order valence-corrected chi connectivity index (χ0v) is 17.1. The van der Waals surface area contributed by atoms with Gasteiger partial charge >= 0.3 is 6.18 Å². The summed E-state index contributed by atoms with van der Waals surface area (Å²) in [5.41, 5.74) is -2.97. The number of nitrogens with one attached hydrogen (secondary N) is 2. The molecule has 2 N–H and O–H groups in total. The van der Waals surface area contributed by atoms with Crippen molar-refractivity contribution < 1.29 is 31.5 Å². The molecule has 1 atom stereocenters. The van der Waals surface area contributed by atoms with Crippen molar-refractivity contribution in [3.63, 3.8) is 0 Å². The zero-order chi connectivity index (χ0) is 22.6. The Bertz CT molecular complexity index is 972. The molecule has 0 bridgehead atoms. The van der Waals surface area contributed by atoms with E-state index in [0.717, 1.165) is 6.07 Å². The first-order valence-electron chi connectivity index (χ1n) is 8.27. The van der Waals surface area contributed by atoms with Gasteiger partial charge in [0.1, 0.15) is 17.3 Å². The molecule has 1 unspecified atom stereocenters. The van der Waals surface area contributed by atoms with Gasteiger partial charge in [-0.15, -0.1) is 0 Å². The molecule has 1 aromatic carbocycles. The Labute approximate surface area is 177 Å². The Morgan fingerprint density at radius 2 is 1.87 bits per heavy atom. The van der Waals surface area contributed by atoms with Crippen molar-refractivity contribution in [3.05, 3.63) is 57.9 Å². The number of anilines is 1. The fraction of sp³-hybridized carbons (Fsp3) is 0.278. The molecule has 2 amide bonds. The lowest BCUT2D eigenvalue weighted by molar-refractivity contribution is -0.137. The molecule has 2 aromatic rings. The number of pyridine rings is 1. The van der Waals surface area contributed by atoms with Crippen LogP contribution in [0.3, 0.4) is 0 Å². The van der Waals surface area contributed by atoms with E-state index >= 15 is 0 Å². The number of carbonyl (C=O) groups excluding carboxylic acids is 2. The molecule has 2 rings (SSSR count). The maximum atomic E-state index is 14.3. The molecule has 0 saturated heterocycles. The first-order valence-corrected chi connectivity index (χ1v) is 10.0. The number of amides is 2. The summed E-state index contributed by atoms with van der Waals surface area (Å²) < 4.78 is 66.1. The van der Waals surface area contributed by atoms with Crippen LogP contribution >= 0.6 is 23.4 Å². The van der Waals surface area contributed by atoms with Crippen LogP contribution in [-0.2, 0) is 6.18 Å². The number of thioether (sulfide) groups is 1. The summed E-state index contributed by atoms with van der Waals surface area (Å²) in [6.07, 6.45) is -2.54. The number of halogens is 6. The van der Waals surface area contributed by atoms with E-state index in [9.17, 15) is 31.5 Å². The van der Waals surface area contributed by atoms with Crippen molar-refractivity contribution in [1.29, 1.82) is 0 Å². The number of aromatic nitrogens is 1. The summed E-state index contributed by atoms with van der Waals surface area (Å²) in [6, 6.07) is 1.32. The van der Waals surface area contributed by atoms with Crippen LogP contribution in [0.15, 0.2) is 24.4 Å².